The Kier molecular flexibility index (Phi) is 12.6. The topological polar surface area (TPSA) is 151 Å². The number of nitrogens with one attached hydrogen (secondary N) is 4. The fraction of sp³-hybridized carbons (Fsp3) is 0.235. The zero-order valence-corrected chi connectivity index (χ0v) is 29.5. The molecule has 0 aliphatic carbocycles. The first kappa shape index (κ1) is 39.7. The molecule has 0 bridgehead atoms. The van der Waals surface area contributed by atoms with Gasteiger partial charge < -0.3 is 10.6 Å². The average Bonchev–Trinajstić information content (AvgIpc) is 3.70. The Morgan fingerprint density at radius 3 is 2.22 bits per heavy atom. The second-order valence-electron chi connectivity index (χ2n) is 11.9. The molecular formula is C34H31ClF5N9O4S. The van der Waals surface area contributed by atoms with Gasteiger partial charge in [0.2, 0.25) is 0 Å². The number of hydrogen-bond donors (Lipinski definition) is 4. The molecule has 4 N–H and O–H groups in total. The van der Waals surface area contributed by atoms with Gasteiger partial charge in [0.25, 0.3) is 11.8 Å². The van der Waals surface area contributed by atoms with Crippen LogP contribution >= 0.6 is 23.7 Å². The highest BCUT2D eigenvalue weighted by Crippen LogP contribution is 2.31. The van der Waals surface area contributed by atoms with E-state index in [0.29, 0.717) is 38.4 Å². The van der Waals surface area contributed by atoms with E-state index in [-0.39, 0.29) is 30.3 Å². The number of piperazine rings is 1. The summed E-state index contributed by atoms with van der Waals surface area (Å²) in [5.74, 6) is -3.27. The Hall–Kier alpha value is -5.50. The van der Waals surface area contributed by atoms with Gasteiger partial charge in [-0.1, -0.05) is 0 Å². The number of anilines is 3. The van der Waals surface area contributed by atoms with Crippen LogP contribution in [0.25, 0.3) is 10.6 Å². The molecule has 6 rings (SSSR count). The third-order valence-electron chi connectivity index (χ3n) is 8.21. The number of aromatic nitrogens is 1. The maximum absolute atomic E-state index is 13.4. The number of hydrazone groups is 1. The van der Waals surface area contributed by atoms with Gasteiger partial charge >= 0.3 is 18.2 Å². The summed E-state index contributed by atoms with van der Waals surface area (Å²) >= 11 is 1.47. The van der Waals surface area contributed by atoms with E-state index in [0.717, 1.165) is 63.8 Å². The molecule has 1 atom stereocenters. The van der Waals surface area contributed by atoms with Crippen molar-refractivity contribution in [1.29, 1.82) is 0 Å². The minimum atomic E-state index is -4.56. The van der Waals surface area contributed by atoms with Crippen molar-refractivity contribution in [3.8, 4) is 10.6 Å². The molecule has 20 heteroatoms. The van der Waals surface area contributed by atoms with Gasteiger partial charge in [-0.2, -0.15) is 18.3 Å². The van der Waals surface area contributed by atoms with Gasteiger partial charge in [-0.3, -0.25) is 29.6 Å². The van der Waals surface area contributed by atoms with E-state index in [1.54, 1.807) is 24.3 Å². The predicted molar refractivity (Wildman–Crippen MR) is 193 cm³/mol. The Balaban J connectivity index is 0.00000561. The third-order valence-corrected chi connectivity index (χ3v) is 9.15. The number of hydrogen-bond acceptors (Lipinski definition) is 9. The molecule has 0 radical (unpaired) electrons. The van der Waals surface area contributed by atoms with Crippen molar-refractivity contribution in [3.05, 3.63) is 95.0 Å². The van der Waals surface area contributed by atoms with Gasteiger partial charge in [0.1, 0.15) is 5.01 Å². The molecule has 0 spiro atoms. The molecule has 54 heavy (non-hydrogen) atoms. The molecule has 0 saturated carbocycles. The summed E-state index contributed by atoms with van der Waals surface area (Å²) in [6.45, 7) is 3.15. The lowest BCUT2D eigenvalue weighted by atomic mass is 10.1. The number of benzene rings is 3. The van der Waals surface area contributed by atoms with Crippen LogP contribution < -0.4 is 26.3 Å². The number of alkyl halides is 3. The Bertz CT molecular complexity index is 2020. The molecule has 3 heterocycles. The summed E-state index contributed by atoms with van der Waals surface area (Å²) in [6, 6.07) is 11.1. The Morgan fingerprint density at radius 1 is 0.907 bits per heavy atom. The number of carbonyl (C=O) groups is 4. The number of thiazole rings is 1. The number of rotatable bonds is 10. The molecule has 1 unspecified atom stereocenters. The summed E-state index contributed by atoms with van der Waals surface area (Å²) in [7, 11) is 0. The van der Waals surface area contributed by atoms with Crippen LogP contribution in [0.4, 0.5) is 48.6 Å². The highest BCUT2D eigenvalue weighted by atomic mass is 35.5. The molecule has 6 amide bonds. The molecule has 4 aromatic rings. The van der Waals surface area contributed by atoms with Crippen LogP contribution in [0.5, 0.6) is 0 Å². The maximum atomic E-state index is 13.4. The standard InChI is InChI=1S/C34H30F5N9O4S.ClH/c35-26-10-7-23(15-27(26)36)43-32(51)42-22-5-1-20(2-6-22)31-41-24(19-53-31)17-46-11-13-47(14-12-46)18-29(49)45-40-16-28-30(50)44-33(52)48(28)25-8-3-21(4-9-25)34(37,38)39;/h1-10,15-16,19,28H,11-14,17-18H2,(H,45,49)(H2,42,43,51)(H,44,50,52);1H/b40-16+;. The Morgan fingerprint density at radius 2 is 1.56 bits per heavy atom. The first-order valence-corrected chi connectivity index (χ1v) is 16.9. The highest BCUT2D eigenvalue weighted by Gasteiger charge is 2.39. The first-order chi connectivity index (χ1) is 25.3. The summed E-state index contributed by atoms with van der Waals surface area (Å²) in [4.78, 5) is 59.3. The molecular weight excluding hydrogens is 761 g/mol. The lowest BCUT2D eigenvalue weighted by Crippen LogP contribution is -2.48. The zero-order valence-electron chi connectivity index (χ0n) is 27.9. The number of carbonyl (C=O) groups excluding carboxylic acids is 4. The number of amides is 6. The Labute approximate surface area is 314 Å². The summed E-state index contributed by atoms with van der Waals surface area (Å²) in [5.41, 5.74) is 3.80. The summed E-state index contributed by atoms with van der Waals surface area (Å²) < 4.78 is 65.3. The average molecular weight is 792 g/mol. The van der Waals surface area contributed by atoms with Crippen LogP contribution in [0.3, 0.4) is 0 Å². The quantitative estimate of drug-likeness (QED) is 0.0716. The summed E-state index contributed by atoms with van der Waals surface area (Å²) in [6.07, 6.45) is -3.52. The predicted octanol–water partition coefficient (Wildman–Crippen LogP) is 5.52. The fourth-order valence-electron chi connectivity index (χ4n) is 5.53. The van der Waals surface area contributed by atoms with E-state index in [4.69, 9.17) is 4.98 Å². The molecule has 2 fully saturated rings. The van der Waals surface area contributed by atoms with Gasteiger partial charge in [0, 0.05) is 66.8 Å². The second-order valence-corrected chi connectivity index (χ2v) is 12.8. The number of nitrogens with zero attached hydrogens (tertiary/aromatic N) is 5. The van der Waals surface area contributed by atoms with Gasteiger partial charge in [-0.05, 0) is 60.7 Å². The fourth-order valence-corrected chi connectivity index (χ4v) is 6.35. The van der Waals surface area contributed by atoms with Crippen molar-refractivity contribution < 1.29 is 41.1 Å². The maximum Gasteiger partial charge on any atom is 0.416 e. The van der Waals surface area contributed by atoms with E-state index >= 15 is 0 Å². The van der Waals surface area contributed by atoms with E-state index in [1.807, 2.05) is 10.3 Å². The van der Waals surface area contributed by atoms with Crippen molar-refractivity contribution >= 4 is 70.9 Å². The van der Waals surface area contributed by atoms with Crippen molar-refractivity contribution in [3.63, 3.8) is 0 Å². The molecule has 13 nitrogen and oxygen atoms in total. The zero-order chi connectivity index (χ0) is 37.7. The second kappa shape index (κ2) is 17.1. The third kappa shape index (κ3) is 9.92. The van der Waals surface area contributed by atoms with Gasteiger partial charge in [0.05, 0.1) is 24.0 Å². The lowest BCUT2D eigenvalue weighted by molar-refractivity contribution is -0.137. The van der Waals surface area contributed by atoms with Gasteiger partial charge in [0.15, 0.2) is 17.7 Å². The molecule has 2 aliphatic heterocycles. The van der Waals surface area contributed by atoms with Gasteiger partial charge in [-0.25, -0.2) is 28.8 Å². The van der Waals surface area contributed by atoms with Crippen LogP contribution in [0.15, 0.2) is 77.2 Å². The monoisotopic (exact) mass is 791 g/mol. The minimum Gasteiger partial charge on any atom is -0.308 e. The number of urea groups is 2. The molecule has 2 saturated heterocycles. The number of halogens is 6. The van der Waals surface area contributed by atoms with Crippen LogP contribution in [0, 0.1) is 11.6 Å². The van der Waals surface area contributed by atoms with Crippen LogP contribution in [0.1, 0.15) is 11.3 Å². The van der Waals surface area contributed by atoms with E-state index < -0.39 is 53.3 Å². The smallest absolute Gasteiger partial charge is 0.308 e. The van der Waals surface area contributed by atoms with Crippen LogP contribution in [-0.4, -0.2) is 83.6 Å². The molecule has 3 aromatic carbocycles. The van der Waals surface area contributed by atoms with Crippen molar-refractivity contribution in [2.24, 2.45) is 5.10 Å². The SMILES string of the molecule is Cl.O=C(CN1CCN(Cc2csc(-c3ccc(NC(=O)Nc4ccc(F)c(F)c4)cc3)n2)CC1)N/N=C/C1C(=O)NC(=O)N1c1ccc(C(F)(F)F)cc1. The van der Waals surface area contributed by atoms with Crippen LogP contribution in [-0.2, 0) is 22.3 Å². The lowest BCUT2D eigenvalue weighted by Gasteiger charge is -2.33. The highest BCUT2D eigenvalue weighted by molar-refractivity contribution is 7.13. The number of imide groups is 1. The van der Waals surface area contributed by atoms with E-state index in [1.165, 1.54) is 17.4 Å². The van der Waals surface area contributed by atoms with Crippen LogP contribution in [0.2, 0.25) is 0 Å². The first-order valence-electron chi connectivity index (χ1n) is 16.0. The van der Waals surface area contributed by atoms with E-state index in [9.17, 15) is 41.1 Å². The molecule has 284 valence electrons. The largest absolute Gasteiger partial charge is 0.416 e. The molecule has 1 aromatic heterocycles. The molecule has 2 aliphatic rings. The van der Waals surface area contributed by atoms with Crippen molar-refractivity contribution in [1.82, 2.24) is 25.5 Å². The summed E-state index contributed by atoms with van der Waals surface area (Å²) in [5, 5.41) is 13.7. The normalized spacial score (nSPS) is 16.6. The van der Waals surface area contributed by atoms with Crippen molar-refractivity contribution in [2.75, 3.05) is 48.3 Å². The van der Waals surface area contributed by atoms with Crippen molar-refractivity contribution in [2.45, 2.75) is 18.8 Å². The minimum absolute atomic E-state index is 0. The van der Waals surface area contributed by atoms with Gasteiger partial charge in [-0.15, -0.1) is 23.7 Å². The van der Waals surface area contributed by atoms with E-state index in [2.05, 4.69) is 31.4 Å².